The number of nitrogens with two attached hydrogens (primary N) is 1. The van der Waals surface area contributed by atoms with E-state index in [-0.39, 0.29) is 0 Å². The van der Waals surface area contributed by atoms with Crippen LogP contribution in [0.1, 0.15) is 11.1 Å². The van der Waals surface area contributed by atoms with Crippen LogP contribution in [0.15, 0.2) is 91.0 Å². The summed E-state index contributed by atoms with van der Waals surface area (Å²) in [6, 6.07) is 29.0. The molecule has 0 aliphatic heterocycles. The summed E-state index contributed by atoms with van der Waals surface area (Å²) < 4.78 is 12.0. The second kappa shape index (κ2) is 9.33. The Bertz CT molecular complexity index is 1120. The molecule has 0 unspecified atom stereocenters. The lowest BCUT2D eigenvalue weighted by Gasteiger charge is -2.14. The summed E-state index contributed by atoms with van der Waals surface area (Å²) in [5.41, 5.74) is 10.1. The van der Waals surface area contributed by atoms with Crippen LogP contribution in [0.25, 0.3) is 11.1 Å². The Morgan fingerprint density at radius 1 is 0.700 bits per heavy atom. The van der Waals surface area contributed by atoms with Crippen LogP contribution in [0.4, 0.5) is 5.69 Å². The van der Waals surface area contributed by atoms with E-state index in [0.29, 0.717) is 35.7 Å². The van der Waals surface area contributed by atoms with Crippen molar-refractivity contribution in [2.45, 2.75) is 13.2 Å². The molecule has 0 saturated heterocycles. The van der Waals surface area contributed by atoms with E-state index in [9.17, 15) is 0 Å². The highest BCUT2D eigenvalue weighted by Gasteiger charge is 2.14. The SMILES string of the molecule is Nc1ccc(-c2ccc(OCc3ccccc3)nc2OCc2ccccc2)c(Cl)c1. The minimum Gasteiger partial charge on any atom is -0.473 e. The fourth-order valence-corrected chi connectivity index (χ4v) is 3.32. The van der Waals surface area contributed by atoms with Gasteiger partial charge in [0.25, 0.3) is 0 Å². The van der Waals surface area contributed by atoms with Gasteiger partial charge in [-0.25, -0.2) is 0 Å². The maximum Gasteiger partial charge on any atom is 0.225 e. The highest BCUT2D eigenvalue weighted by Crippen LogP contribution is 2.36. The molecule has 30 heavy (non-hydrogen) atoms. The van der Waals surface area contributed by atoms with Crippen molar-refractivity contribution in [2.24, 2.45) is 0 Å². The van der Waals surface area contributed by atoms with E-state index in [1.165, 1.54) is 0 Å². The van der Waals surface area contributed by atoms with E-state index >= 15 is 0 Å². The van der Waals surface area contributed by atoms with Crippen LogP contribution in [0, 0.1) is 0 Å². The van der Waals surface area contributed by atoms with Gasteiger partial charge in [-0.3, -0.25) is 0 Å². The number of hydrogen-bond donors (Lipinski definition) is 1. The van der Waals surface area contributed by atoms with Gasteiger partial charge in [-0.15, -0.1) is 0 Å². The number of anilines is 1. The molecule has 0 aliphatic carbocycles. The van der Waals surface area contributed by atoms with E-state index < -0.39 is 0 Å². The van der Waals surface area contributed by atoms with E-state index in [1.54, 1.807) is 6.07 Å². The Morgan fingerprint density at radius 2 is 1.30 bits per heavy atom. The predicted octanol–water partition coefficient (Wildman–Crippen LogP) is 6.14. The Kier molecular flexibility index (Phi) is 6.16. The summed E-state index contributed by atoms with van der Waals surface area (Å²) in [6.07, 6.45) is 0. The van der Waals surface area contributed by atoms with Gasteiger partial charge in [0.2, 0.25) is 11.8 Å². The number of benzene rings is 3. The summed E-state index contributed by atoms with van der Waals surface area (Å²) in [5.74, 6) is 0.938. The lowest BCUT2D eigenvalue weighted by molar-refractivity contribution is 0.268. The van der Waals surface area contributed by atoms with Gasteiger partial charge in [0, 0.05) is 22.9 Å². The van der Waals surface area contributed by atoms with Crippen LogP contribution in [0.5, 0.6) is 11.8 Å². The lowest BCUT2D eigenvalue weighted by atomic mass is 10.1. The average Bonchev–Trinajstić information content (AvgIpc) is 2.78. The van der Waals surface area contributed by atoms with Crippen LogP contribution in [-0.4, -0.2) is 4.98 Å². The average molecular weight is 417 g/mol. The molecule has 4 nitrogen and oxygen atoms in total. The fourth-order valence-electron chi connectivity index (χ4n) is 3.03. The van der Waals surface area contributed by atoms with Crippen molar-refractivity contribution in [2.75, 3.05) is 5.73 Å². The highest BCUT2D eigenvalue weighted by molar-refractivity contribution is 6.33. The first-order valence-corrected chi connectivity index (χ1v) is 9.97. The van der Waals surface area contributed by atoms with E-state index in [4.69, 9.17) is 26.8 Å². The molecule has 2 N–H and O–H groups in total. The fraction of sp³-hybridized carbons (Fsp3) is 0.0800. The third kappa shape index (κ3) is 4.91. The number of nitrogens with zero attached hydrogens (tertiary/aromatic N) is 1. The Balaban J connectivity index is 1.62. The molecule has 1 heterocycles. The quantitative estimate of drug-likeness (QED) is 0.367. The Morgan fingerprint density at radius 3 is 1.93 bits per heavy atom. The predicted molar refractivity (Wildman–Crippen MR) is 121 cm³/mol. The molecule has 4 aromatic rings. The van der Waals surface area contributed by atoms with Gasteiger partial charge in [-0.05, 0) is 29.3 Å². The Labute approximate surface area is 180 Å². The highest BCUT2D eigenvalue weighted by atomic mass is 35.5. The van der Waals surface area contributed by atoms with Gasteiger partial charge >= 0.3 is 0 Å². The minimum absolute atomic E-state index is 0.384. The number of rotatable bonds is 7. The lowest BCUT2D eigenvalue weighted by Crippen LogP contribution is -2.02. The molecule has 3 aromatic carbocycles. The van der Waals surface area contributed by atoms with Crippen molar-refractivity contribution in [1.82, 2.24) is 4.98 Å². The zero-order valence-corrected chi connectivity index (χ0v) is 17.0. The minimum atomic E-state index is 0.384. The maximum atomic E-state index is 6.44. The number of aromatic nitrogens is 1. The molecular formula is C25H21ClN2O2. The van der Waals surface area contributed by atoms with Gasteiger partial charge in [-0.2, -0.15) is 4.98 Å². The third-order valence-corrected chi connectivity index (χ3v) is 4.88. The van der Waals surface area contributed by atoms with Crippen molar-refractivity contribution in [3.63, 3.8) is 0 Å². The van der Waals surface area contributed by atoms with Gasteiger partial charge in [0.05, 0.1) is 5.02 Å². The van der Waals surface area contributed by atoms with Gasteiger partial charge < -0.3 is 15.2 Å². The maximum absolute atomic E-state index is 6.44. The second-order valence-electron chi connectivity index (χ2n) is 6.79. The van der Waals surface area contributed by atoms with Crippen molar-refractivity contribution in [3.8, 4) is 22.9 Å². The first kappa shape index (κ1) is 19.8. The molecular weight excluding hydrogens is 396 g/mol. The first-order chi connectivity index (χ1) is 14.7. The monoisotopic (exact) mass is 416 g/mol. The van der Waals surface area contributed by atoms with E-state index in [1.807, 2.05) is 84.9 Å². The van der Waals surface area contributed by atoms with Crippen molar-refractivity contribution >= 4 is 17.3 Å². The molecule has 0 aliphatic rings. The zero-order chi connectivity index (χ0) is 20.8. The van der Waals surface area contributed by atoms with Crippen LogP contribution in [0.2, 0.25) is 5.02 Å². The van der Waals surface area contributed by atoms with Crippen LogP contribution < -0.4 is 15.2 Å². The first-order valence-electron chi connectivity index (χ1n) is 9.59. The third-order valence-electron chi connectivity index (χ3n) is 4.57. The molecule has 5 heteroatoms. The Hall–Kier alpha value is -3.50. The summed E-state index contributed by atoms with van der Waals surface area (Å²) in [4.78, 5) is 4.61. The van der Waals surface area contributed by atoms with E-state index in [2.05, 4.69) is 4.98 Å². The molecule has 4 rings (SSSR count). The molecule has 0 bridgehead atoms. The second-order valence-corrected chi connectivity index (χ2v) is 7.20. The molecule has 0 fully saturated rings. The van der Waals surface area contributed by atoms with Crippen molar-refractivity contribution in [3.05, 3.63) is 107 Å². The standard InChI is InChI=1S/C25H21ClN2O2/c26-23-15-20(27)11-12-21(23)22-13-14-24(29-16-18-7-3-1-4-8-18)28-25(22)30-17-19-9-5-2-6-10-19/h1-15H,16-17,27H2. The summed E-state index contributed by atoms with van der Waals surface area (Å²) in [7, 11) is 0. The summed E-state index contributed by atoms with van der Waals surface area (Å²) in [5, 5.41) is 0.541. The normalized spacial score (nSPS) is 10.6. The number of pyridine rings is 1. The van der Waals surface area contributed by atoms with Gasteiger partial charge in [0.1, 0.15) is 13.2 Å². The van der Waals surface area contributed by atoms with E-state index in [0.717, 1.165) is 22.3 Å². The number of ether oxygens (including phenoxy) is 2. The molecule has 1 aromatic heterocycles. The molecule has 0 saturated carbocycles. The van der Waals surface area contributed by atoms with Gasteiger partial charge in [0.15, 0.2) is 0 Å². The smallest absolute Gasteiger partial charge is 0.225 e. The molecule has 150 valence electrons. The molecule has 0 amide bonds. The van der Waals surface area contributed by atoms with Crippen molar-refractivity contribution < 1.29 is 9.47 Å². The molecule has 0 radical (unpaired) electrons. The molecule has 0 atom stereocenters. The summed E-state index contributed by atoms with van der Waals surface area (Å²) in [6.45, 7) is 0.809. The summed E-state index contributed by atoms with van der Waals surface area (Å²) >= 11 is 6.44. The zero-order valence-electron chi connectivity index (χ0n) is 16.3. The molecule has 0 spiro atoms. The van der Waals surface area contributed by atoms with Crippen LogP contribution >= 0.6 is 11.6 Å². The number of halogens is 1. The number of nitrogen functional groups attached to an aromatic ring is 1. The van der Waals surface area contributed by atoms with Crippen molar-refractivity contribution in [1.29, 1.82) is 0 Å². The van der Waals surface area contributed by atoms with Crippen LogP contribution in [-0.2, 0) is 13.2 Å². The van der Waals surface area contributed by atoms with Gasteiger partial charge in [-0.1, -0.05) is 78.3 Å². The van der Waals surface area contributed by atoms with Crippen LogP contribution in [0.3, 0.4) is 0 Å². The largest absolute Gasteiger partial charge is 0.473 e. The topological polar surface area (TPSA) is 57.4 Å². The number of hydrogen-bond acceptors (Lipinski definition) is 4.